The molecule has 9 heteroatoms. The Kier molecular flexibility index (Phi) is 6.00. The highest BCUT2D eigenvalue weighted by atomic mass is 32.2. The maximum Gasteiger partial charge on any atom is 0.416 e. The highest BCUT2D eigenvalue weighted by Gasteiger charge is 2.39. The molecule has 29 heavy (non-hydrogen) atoms. The second-order valence-electron chi connectivity index (χ2n) is 7.00. The molecule has 5 nitrogen and oxygen atoms in total. The average molecular weight is 426 g/mol. The number of benzene rings is 2. The highest BCUT2D eigenvalue weighted by Crippen LogP contribution is 2.30. The van der Waals surface area contributed by atoms with Crippen LogP contribution >= 0.6 is 0 Å². The number of rotatable bonds is 5. The quantitative estimate of drug-likeness (QED) is 0.796. The van der Waals surface area contributed by atoms with Crippen LogP contribution in [0.3, 0.4) is 0 Å². The number of nitrogens with zero attached hydrogens (tertiary/aromatic N) is 1. The Bertz CT molecular complexity index is 989. The van der Waals surface area contributed by atoms with Crippen LogP contribution in [0.15, 0.2) is 53.4 Å². The van der Waals surface area contributed by atoms with Crippen molar-refractivity contribution in [2.24, 2.45) is 0 Å². The van der Waals surface area contributed by atoms with E-state index in [9.17, 15) is 26.4 Å². The molecule has 0 bridgehead atoms. The molecule has 1 saturated heterocycles. The Hall–Kier alpha value is -2.39. The van der Waals surface area contributed by atoms with E-state index >= 15 is 0 Å². The Morgan fingerprint density at radius 3 is 2.52 bits per heavy atom. The van der Waals surface area contributed by atoms with Gasteiger partial charge in [0.1, 0.15) is 6.04 Å². The van der Waals surface area contributed by atoms with Crippen LogP contribution in [0.4, 0.5) is 13.2 Å². The van der Waals surface area contributed by atoms with Crippen molar-refractivity contribution in [3.05, 3.63) is 65.2 Å². The smallest absolute Gasteiger partial charge is 0.351 e. The number of carbonyl (C=O) groups excluding carboxylic acids is 1. The molecule has 0 radical (unpaired) electrons. The molecule has 1 aliphatic heterocycles. The first kappa shape index (κ1) is 21.3. The van der Waals surface area contributed by atoms with Crippen molar-refractivity contribution in [2.45, 2.75) is 43.4 Å². The van der Waals surface area contributed by atoms with Crippen LogP contribution in [0.25, 0.3) is 0 Å². The third kappa shape index (κ3) is 4.79. The summed E-state index contributed by atoms with van der Waals surface area (Å²) in [4.78, 5) is 12.7. The van der Waals surface area contributed by atoms with Crippen molar-refractivity contribution in [1.82, 2.24) is 9.62 Å². The summed E-state index contributed by atoms with van der Waals surface area (Å²) in [6.07, 6.45) is -3.57. The van der Waals surface area contributed by atoms with E-state index in [-0.39, 0.29) is 18.0 Å². The van der Waals surface area contributed by atoms with Crippen LogP contribution < -0.4 is 5.32 Å². The summed E-state index contributed by atoms with van der Waals surface area (Å²) in [5, 5.41) is 2.57. The minimum Gasteiger partial charge on any atom is -0.351 e. The van der Waals surface area contributed by atoms with Gasteiger partial charge in [-0.15, -0.1) is 0 Å². The first-order valence-corrected chi connectivity index (χ1v) is 10.6. The first-order valence-electron chi connectivity index (χ1n) is 9.11. The summed E-state index contributed by atoms with van der Waals surface area (Å²) in [6.45, 7) is 1.95. The van der Waals surface area contributed by atoms with Crippen LogP contribution in [-0.4, -0.2) is 31.2 Å². The Morgan fingerprint density at radius 1 is 1.17 bits per heavy atom. The van der Waals surface area contributed by atoms with E-state index in [0.717, 1.165) is 17.7 Å². The van der Waals surface area contributed by atoms with Gasteiger partial charge in [0.2, 0.25) is 15.9 Å². The molecule has 0 aliphatic carbocycles. The largest absolute Gasteiger partial charge is 0.416 e. The maximum atomic E-state index is 12.9. The van der Waals surface area contributed by atoms with Crippen LogP contribution in [0, 0.1) is 6.92 Å². The number of halogens is 3. The fraction of sp³-hybridized carbons (Fsp3) is 0.350. The predicted molar refractivity (Wildman–Crippen MR) is 101 cm³/mol. The van der Waals surface area contributed by atoms with E-state index in [0.29, 0.717) is 18.4 Å². The van der Waals surface area contributed by atoms with Crippen molar-refractivity contribution in [3.8, 4) is 0 Å². The van der Waals surface area contributed by atoms with Gasteiger partial charge in [-0.2, -0.15) is 17.5 Å². The zero-order chi connectivity index (χ0) is 21.2. The molecule has 3 rings (SSSR count). The molecule has 1 heterocycles. The SMILES string of the molecule is Cc1ccc(S(=O)(=O)N2CCCC2C(=O)NCc2cccc(C(F)(F)F)c2)cc1. The molecule has 1 fully saturated rings. The molecule has 2 aromatic rings. The number of alkyl halides is 3. The second kappa shape index (κ2) is 8.16. The molecule has 1 N–H and O–H groups in total. The van der Waals surface area contributed by atoms with Crippen molar-refractivity contribution in [1.29, 1.82) is 0 Å². The second-order valence-corrected chi connectivity index (χ2v) is 8.89. The Balaban J connectivity index is 1.71. The summed E-state index contributed by atoms with van der Waals surface area (Å²) < 4.78 is 65.4. The molecule has 1 unspecified atom stereocenters. The van der Waals surface area contributed by atoms with E-state index < -0.39 is 33.7 Å². The average Bonchev–Trinajstić information content (AvgIpc) is 3.17. The summed E-state index contributed by atoms with van der Waals surface area (Å²) in [6, 6.07) is 10.2. The number of nitrogens with one attached hydrogen (secondary N) is 1. The number of sulfonamides is 1. The lowest BCUT2D eigenvalue weighted by Gasteiger charge is -2.23. The molecule has 156 valence electrons. The zero-order valence-electron chi connectivity index (χ0n) is 15.7. The van der Waals surface area contributed by atoms with Gasteiger partial charge in [0.25, 0.3) is 0 Å². The summed E-state index contributed by atoms with van der Waals surface area (Å²) >= 11 is 0. The van der Waals surface area contributed by atoms with Gasteiger partial charge in [-0.3, -0.25) is 4.79 Å². The number of carbonyl (C=O) groups is 1. The van der Waals surface area contributed by atoms with Gasteiger partial charge in [0.05, 0.1) is 10.5 Å². The molecule has 0 aromatic heterocycles. The summed E-state index contributed by atoms with van der Waals surface area (Å²) in [5.74, 6) is -0.518. The van der Waals surface area contributed by atoms with Gasteiger partial charge in [-0.1, -0.05) is 29.8 Å². The lowest BCUT2D eigenvalue weighted by Crippen LogP contribution is -2.45. The van der Waals surface area contributed by atoms with Crippen LogP contribution in [-0.2, 0) is 27.5 Å². The third-order valence-electron chi connectivity index (χ3n) is 4.85. The number of amides is 1. The molecular weight excluding hydrogens is 405 g/mol. The lowest BCUT2D eigenvalue weighted by molar-refractivity contribution is -0.137. The molecule has 0 saturated carbocycles. The third-order valence-corrected chi connectivity index (χ3v) is 6.78. The first-order chi connectivity index (χ1) is 13.6. The van der Waals surface area contributed by atoms with Crippen molar-refractivity contribution in [2.75, 3.05) is 6.54 Å². The van der Waals surface area contributed by atoms with Crippen LogP contribution in [0.2, 0.25) is 0 Å². The molecule has 1 amide bonds. The van der Waals surface area contributed by atoms with Gasteiger partial charge in [-0.25, -0.2) is 8.42 Å². The van der Waals surface area contributed by atoms with Crippen LogP contribution in [0.1, 0.15) is 29.5 Å². The molecule has 2 aromatic carbocycles. The van der Waals surface area contributed by atoms with Crippen molar-refractivity contribution >= 4 is 15.9 Å². The normalized spacial score (nSPS) is 18.0. The zero-order valence-corrected chi connectivity index (χ0v) is 16.6. The lowest BCUT2D eigenvalue weighted by atomic mass is 10.1. The van der Waals surface area contributed by atoms with E-state index in [2.05, 4.69) is 5.32 Å². The summed E-state index contributed by atoms with van der Waals surface area (Å²) in [7, 11) is -3.83. The Labute approximate surface area is 167 Å². The van der Waals surface area contributed by atoms with Gasteiger partial charge in [0, 0.05) is 13.1 Å². The van der Waals surface area contributed by atoms with Gasteiger partial charge in [0.15, 0.2) is 0 Å². The molecule has 0 spiro atoms. The van der Waals surface area contributed by atoms with Gasteiger partial charge in [-0.05, 0) is 49.6 Å². The predicted octanol–water partition coefficient (Wildman–Crippen LogP) is 3.48. The molecular formula is C20H21F3N2O3S. The van der Waals surface area contributed by atoms with Crippen LogP contribution in [0.5, 0.6) is 0 Å². The number of aryl methyl sites for hydroxylation is 1. The monoisotopic (exact) mass is 426 g/mol. The molecule has 1 atom stereocenters. The topological polar surface area (TPSA) is 66.5 Å². The maximum absolute atomic E-state index is 12.9. The number of hydrogen-bond donors (Lipinski definition) is 1. The minimum atomic E-state index is -4.47. The van der Waals surface area contributed by atoms with E-state index in [1.165, 1.54) is 28.6 Å². The van der Waals surface area contributed by atoms with E-state index in [1.807, 2.05) is 6.92 Å². The number of hydrogen-bond acceptors (Lipinski definition) is 3. The van der Waals surface area contributed by atoms with Crippen molar-refractivity contribution < 1.29 is 26.4 Å². The van der Waals surface area contributed by atoms with Gasteiger partial charge < -0.3 is 5.32 Å². The standard InChI is InChI=1S/C20H21F3N2O3S/c1-14-7-9-17(10-8-14)29(27,28)25-11-3-6-18(25)19(26)24-13-15-4-2-5-16(12-15)20(21,22)23/h2,4-5,7-10,12,18H,3,6,11,13H2,1H3,(H,24,26). The highest BCUT2D eigenvalue weighted by molar-refractivity contribution is 7.89. The fourth-order valence-corrected chi connectivity index (χ4v) is 4.96. The van der Waals surface area contributed by atoms with E-state index in [4.69, 9.17) is 0 Å². The molecule has 1 aliphatic rings. The van der Waals surface area contributed by atoms with Gasteiger partial charge >= 0.3 is 6.18 Å². The van der Waals surface area contributed by atoms with Crippen molar-refractivity contribution in [3.63, 3.8) is 0 Å². The van der Waals surface area contributed by atoms with E-state index in [1.54, 1.807) is 12.1 Å². The minimum absolute atomic E-state index is 0.112. The fourth-order valence-electron chi connectivity index (χ4n) is 3.30. The Morgan fingerprint density at radius 2 is 1.86 bits per heavy atom. The summed E-state index contributed by atoms with van der Waals surface area (Å²) in [5.41, 5.74) is 0.411.